The Hall–Kier alpha value is -0.560. The molecule has 9 heavy (non-hydrogen) atoms. The minimum absolute atomic E-state index is 0.139. The molecule has 0 unspecified atom stereocenters. The maximum atomic E-state index is 8.43. The van der Waals surface area contributed by atoms with Gasteiger partial charge in [-0.1, -0.05) is 30.7 Å². The van der Waals surface area contributed by atoms with Crippen LogP contribution in [0.15, 0.2) is 23.8 Å². The summed E-state index contributed by atoms with van der Waals surface area (Å²) in [6, 6.07) is 0. The third-order valence-electron chi connectivity index (χ3n) is 1.03. The van der Waals surface area contributed by atoms with Crippen LogP contribution in [0, 0.1) is 0 Å². The predicted octanol–water partition coefficient (Wildman–Crippen LogP) is 1.89. The Morgan fingerprint density at radius 2 is 2.22 bits per heavy atom. The van der Waals surface area contributed by atoms with Gasteiger partial charge in [0.25, 0.3) is 0 Å². The summed E-state index contributed by atoms with van der Waals surface area (Å²) in [5, 5.41) is 8.43. The quantitative estimate of drug-likeness (QED) is 0.572. The van der Waals surface area contributed by atoms with Crippen molar-refractivity contribution in [3.63, 3.8) is 0 Å². The van der Waals surface area contributed by atoms with Gasteiger partial charge in [-0.3, -0.25) is 0 Å². The maximum absolute atomic E-state index is 8.43. The second kappa shape index (κ2) is 5.57. The molecule has 0 saturated carbocycles. The smallest absolute Gasteiger partial charge is 0.0617 e. The van der Waals surface area contributed by atoms with Crippen LogP contribution in [0.4, 0.5) is 0 Å². The molecular weight excluding hydrogens is 112 g/mol. The van der Waals surface area contributed by atoms with Crippen LogP contribution in [-0.2, 0) is 0 Å². The Balaban J connectivity index is 3.60. The summed E-state index contributed by atoms with van der Waals surface area (Å²) in [4.78, 5) is 0. The molecule has 1 heteroatoms. The average Bonchev–Trinajstić information content (AvgIpc) is 1.85. The van der Waals surface area contributed by atoms with Crippen LogP contribution in [0.5, 0.6) is 0 Å². The zero-order valence-corrected chi connectivity index (χ0v) is 6.09. The zero-order chi connectivity index (χ0) is 7.11. The van der Waals surface area contributed by atoms with Crippen LogP contribution < -0.4 is 0 Å². The van der Waals surface area contributed by atoms with Gasteiger partial charge in [-0.05, 0) is 13.3 Å². The highest BCUT2D eigenvalue weighted by Crippen LogP contribution is 1.94. The van der Waals surface area contributed by atoms with Crippen LogP contribution >= 0.6 is 0 Å². The molecule has 0 spiro atoms. The number of hydrogen-bond donors (Lipinski definition) is 1. The van der Waals surface area contributed by atoms with E-state index >= 15 is 0 Å². The summed E-state index contributed by atoms with van der Waals surface area (Å²) in [5.74, 6) is 0. The second-order valence-electron chi connectivity index (χ2n) is 1.94. The largest absolute Gasteiger partial charge is 0.392 e. The predicted molar refractivity (Wildman–Crippen MR) is 40.3 cm³/mol. The molecule has 0 bridgehead atoms. The molecule has 0 rings (SSSR count). The van der Waals surface area contributed by atoms with E-state index in [1.807, 2.05) is 13.0 Å². The van der Waals surface area contributed by atoms with Crippen molar-refractivity contribution < 1.29 is 5.11 Å². The Labute approximate surface area is 56.7 Å². The van der Waals surface area contributed by atoms with Crippen molar-refractivity contribution in [2.24, 2.45) is 0 Å². The highest BCUT2D eigenvalue weighted by atomic mass is 16.2. The number of aliphatic hydroxyl groups excluding tert-OH is 1. The van der Waals surface area contributed by atoms with Crippen molar-refractivity contribution >= 4 is 0 Å². The van der Waals surface area contributed by atoms with Crippen molar-refractivity contribution in [1.82, 2.24) is 0 Å². The number of hydrogen-bond acceptors (Lipinski definition) is 1. The molecule has 0 heterocycles. The number of allylic oxidation sites excluding steroid dienone is 3. The van der Waals surface area contributed by atoms with Gasteiger partial charge < -0.3 is 5.11 Å². The summed E-state index contributed by atoms with van der Waals surface area (Å²) in [7, 11) is 0. The molecule has 1 N–H and O–H groups in total. The van der Waals surface area contributed by atoms with Crippen molar-refractivity contribution in [3.05, 3.63) is 23.8 Å². The van der Waals surface area contributed by atoms with E-state index < -0.39 is 0 Å². The van der Waals surface area contributed by atoms with Gasteiger partial charge in [0.15, 0.2) is 0 Å². The van der Waals surface area contributed by atoms with Crippen LogP contribution in [0.3, 0.4) is 0 Å². The Kier molecular flexibility index (Phi) is 5.23. The topological polar surface area (TPSA) is 20.2 Å². The van der Waals surface area contributed by atoms with E-state index in [1.54, 1.807) is 6.08 Å². The molecule has 0 atom stereocenters. The Morgan fingerprint density at radius 3 is 2.67 bits per heavy atom. The van der Waals surface area contributed by atoms with Gasteiger partial charge in [0.1, 0.15) is 0 Å². The lowest BCUT2D eigenvalue weighted by Crippen LogP contribution is -1.74. The standard InChI is InChI=1S/C8H14O/c1-3-4-5-8(2)6-7-9/h4-6,9H,3,7H2,1-2H3/b5-4+,8-6+. The monoisotopic (exact) mass is 126 g/mol. The highest BCUT2D eigenvalue weighted by molar-refractivity contribution is 5.15. The lowest BCUT2D eigenvalue weighted by Gasteiger charge is -1.86. The first-order valence-corrected chi connectivity index (χ1v) is 3.25. The van der Waals surface area contributed by atoms with Gasteiger partial charge in [0, 0.05) is 0 Å². The van der Waals surface area contributed by atoms with Gasteiger partial charge in [-0.25, -0.2) is 0 Å². The van der Waals surface area contributed by atoms with Crippen molar-refractivity contribution in [1.29, 1.82) is 0 Å². The number of rotatable bonds is 3. The first-order valence-electron chi connectivity index (χ1n) is 3.25. The molecular formula is C8H14O. The molecule has 0 saturated heterocycles. The van der Waals surface area contributed by atoms with Crippen molar-refractivity contribution in [3.8, 4) is 0 Å². The molecule has 0 fully saturated rings. The highest BCUT2D eigenvalue weighted by Gasteiger charge is 1.76. The van der Waals surface area contributed by atoms with Gasteiger partial charge in [0.05, 0.1) is 6.61 Å². The van der Waals surface area contributed by atoms with Crippen molar-refractivity contribution in [2.75, 3.05) is 6.61 Å². The fourth-order valence-electron chi connectivity index (χ4n) is 0.516. The molecule has 0 amide bonds. The number of aliphatic hydroxyl groups is 1. The van der Waals surface area contributed by atoms with E-state index in [-0.39, 0.29) is 6.61 Å². The molecule has 0 aromatic rings. The molecule has 52 valence electrons. The summed E-state index contributed by atoms with van der Waals surface area (Å²) >= 11 is 0. The van der Waals surface area contributed by atoms with Crippen LogP contribution in [0.1, 0.15) is 20.3 Å². The molecule has 0 aliphatic rings. The van der Waals surface area contributed by atoms with E-state index in [0.717, 1.165) is 12.0 Å². The van der Waals surface area contributed by atoms with E-state index in [0.29, 0.717) is 0 Å². The van der Waals surface area contributed by atoms with Gasteiger partial charge in [-0.15, -0.1) is 0 Å². The van der Waals surface area contributed by atoms with Gasteiger partial charge in [-0.2, -0.15) is 0 Å². The summed E-state index contributed by atoms with van der Waals surface area (Å²) in [5.41, 5.74) is 1.12. The Morgan fingerprint density at radius 1 is 1.56 bits per heavy atom. The van der Waals surface area contributed by atoms with Crippen molar-refractivity contribution in [2.45, 2.75) is 20.3 Å². The molecule has 1 nitrogen and oxygen atoms in total. The summed E-state index contributed by atoms with van der Waals surface area (Å²) < 4.78 is 0. The minimum atomic E-state index is 0.139. The molecule has 0 aromatic heterocycles. The third-order valence-corrected chi connectivity index (χ3v) is 1.03. The molecule has 0 radical (unpaired) electrons. The van der Waals surface area contributed by atoms with Crippen LogP contribution in [0.25, 0.3) is 0 Å². The first-order chi connectivity index (χ1) is 4.31. The second-order valence-corrected chi connectivity index (χ2v) is 1.94. The van der Waals surface area contributed by atoms with Crippen LogP contribution in [0.2, 0.25) is 0 Å². The average molecular weight is 126 g/mol. The van der Waals surface area contributed by atoms with Gasteiger partial charge in [0.2, 0.25) is 0 Å². The normalized spacial score (nSPS) is 13.0. The van der Waals surface area contributed by atoms with Crippen LogP contribution in [-0.4, -0.2) is 11.7 Å². The van der Waals surface area contributed by atoms with E-state index in [2.05, 4.69) is 13.0 Å². The fourth-order valence-corrected chi connectivity index (χ4v) is 0.516. The lowest BCUT2D eigenvalue weighted by atomic mass is 10.2. The van der Waals surface area contributed by atoms with E-state index in [1.165, 1.54) is 0 Å². The van der Waals surface area contributed by atoms with E-state index in [9.17, 15) is 0 Å². The van der Waals surface area contributed by atoms with Gasteiger partial charge >= 0.3 is 0 Å². The lowest BCUT2D eigenvalue weighted by molar-refractivity contribution is 0.342. The van der Waals surface area contributed by atoms with E-state index in [4.69, 9.17) is 5.11 Å². The molecule has 0 aliphatic heterocycles. The third kappa shape index (κ3) is 5.31. The maximum Gasteiger partial charge on any atom is 0.0617 e. The zero-order valence-electron chi connectivity index (χ0n) is 6.09. The fraction of sp³-hybridized carbons (Fsp3) is 0.500. The Bertz CT molecular complexity index is 112. The minimum Gasteiger partial charge on any atom is -0.392 e. The summed E-state index contributed by atoms with van der Waals surface area (Å²) in [6.07, 6.45) is 6.92. The molecule has 0 aromatic carbocycles. The summed E-state index contributed by atoms with van der Waals surface area (Å²) in [6.45, 7) is 4.20. The SMILES string of the molecule is CC/C=C/C(C)=C/CO. The molecule has 0 aliphatic carbocycles. The first kappa shape index (κ1) is 8.44.